The average molecular weight is 225 g/mol. The number of carbonyl (C=O) groups is 1. The Bertz CT molecular complexity index is 422. The maximum absolute atomic E-state index is 13.0. The topological polar surface area (TPSA) is 46.3 Å². The first-order valence-electron chi connectivity index (χ1n) is 4.90. The molecule has 16 heavy (non-hydrogen) atoms. The summed E-state index contributed by atoms with van der Waals surface area (Å²) in [6.45, 7) is 0.861. The van der Waals surface area contributed by atoms with Crippen LogP contribution < -0.4 is 5.73 Å². The molecule has 1 aromatic carbocycles. The van der Waals surface area contributed by atoms with E-state index in [0.717, 1.165) is 12.1 Å². The lowest BCUT2D eigenvalue weighted by Crippen LogP contribution is -2.33. The predicted octanol–water partition coefficient (Wildman–Crippen LogP) is 1.65. The standard InChI is InChI=1S/C11H11F2N2O/c12-9-2-1-7(5-10(9)13)8-3-4-15(6-8)11(14)16/h1-3,5,8H,4,6H2,(H2,14,16)/t8-/m0/s1. The molecule has 2 N–H and O–H groups in total. The second-order valence-corrected chi connectivity index (χ2v) is 3.76. The molecule has 1 fully saturated rings. The number of halogens is 2. The molecule has 5 heteroatoms. The van der Waals surface area contributed by atoms with Crippen LogP contribution in [0.1, 0.15) is 11.5 Å². The van der Waals surface area contributed by atoms with Gasteiger partial charge in [0.2, 0.25) is 0 Å². The van der Waals surface area contributed by atoms with Crippen molar-refractivity contribution in [3.8, 4) is 0 Å². The largest absolute Gasteiger partial charge is 0.351 e. The molecule has 0 aliphatic carbocycles. The van der Waals surface area contributed by atoms with Crippen molar-refractivity contribution in [2.45, 2.75) is 5.92 Å². The number of carbonyl (C=O) groups excluding carboxylic acids is 1. The highest BCUT2D eigenvalue weighted by molar-refractivity contribution is 5.72. The van der Waals surface area contributed by atoms with Crippen LogP contribution >= 0.6 is 0 Å². The fraction of sp³-hybridized carbons (Fsp3) is 0.273. The number of rotatable bonds is 1. The van der Waals surface area contributed by atoms with Gasteiger partial charge in [-0.15, -0.1) is 0 Å². The van der Waals surface area contributed by atoms with Gasteiger partial charge in [-0.25, -0.2) is 13.6 Å². The van der Waals surface area contributed by atoms with E-state index in [1.807, 2.05) is 6.42 Å². The normalized spacial score (nSPS) is 20.1. The van der Waals surface area contributed by atoms with E-state index < -0.39 is 17.7 Å². The number of nitrogens with zero attached hydrogens (tertiary/aromatic N) is 1. The summed E-state index contributed by atoms with van der Waals surface area (Å²) in [5.74, 6) is -1.82. The molecule has 1 aliphatic rings. The maximum atomic E-state index is 13.0. The third-order valence-electron chi connectivity index (χ3n) is 2.71. The van der Waals surface area contributed by atoms with Gasteiger partial charge in [-0.05, 0) is 24.1 Å². The number of hydrogen-bond donors (Lipinski definition) is 1. The zero-order valence-electron chi connectivity index (χ0n) is 8.49. The minimum atomic E-state index is -0.872. The van der Waals surface area contributed by atoms with E-state index in [-0.39, 0.29) is 5.92 Å². The molecule has 1 aromatic rings. The lowest BCUT2D eigenvalue weighted by atomic mass is 9.98. The van der Waals surface area contributed by atoms with E-state index in [9.17, 15) is 13.6 Å². The molecule has 1 heterocycles. The molecule has 1 saturated heterocycles. The highest BCUT2D eigenvalue weighted by Crippen LogP contribution is 2.27. The Morgan fingerprint density at radius 3 is 2.69 bits per heavy atom. The first-order chi connectivity index (χ1) is 7.58. The summed E-state index contributed by atoms with van der Waals surface area (Å²) in [7, 11) is 0. The molecule has 3 nitrogen and oxygen atoms in total. The van der Waals surface area contributed by atoms with Gasteiger partial charge in [0.05, 0.1) is 0 Å². The van der Waals surface area contributed by atoms with Crippen molar-refractivity contribution < 1.29 is 13.6 Å². The van der Waals surface area contributed by atoms with Crippen LogP contribution in [0.3, 0.4) is 0 Å². The molecule has 2 amide bonds. The van der Waals surface area contributed by atoms with Gasteiger partial charge in [0.1, 0.15) is 0 Å². The van der Waals surface area contributed by atoms with Crippen molar-refractivity contribution in [2.75, 3.05) is 13.1 Å². The summed E-state index contributed by atoms with van der Waals surface area (Å²) in [6.07, 6.45) is 1.86. The maximum Gasteiger partial charge on any atom is 0.314 e. The van der Waals surface area contributed by atoms with Crippen molar-refractivity contribution in [1.82, 2.24) is 4.90 Å². The molecule has 85 valence electrons. The monoisotopic (exact) mass is 225 g/mol. The lowest BCUT2D eigenvalue weighted by Gasteiger charge is -2.13. The minimum Gasteiger partial charge on any atom is -0.351 e. The van der Waals surface area contributed by atoms with Crippen LogP contribution in [0.5, 0.6) is 0 Å². The van der Waals surface area contributed by atoms with Gasteiger partial charge in [-0.1, -0.05) is 6.07 Å². The molecule has 1 atom stereocenters. The average Bonchev–Trinajstić information content (AvgIpc) is 2.71. The van der Waals surface area contributed by atoms with Gasteiger partial charge >= 0.3 is 6.03 Å². The number of amides is 2. The molecule has 1 aliphatic heterocycles. The fourth-order valence-corrected chi connectivity index (χ4v) is 1.81. The number of nitrogens with two attached hydrogens (primary N) is 1. The Labute approximate surface area is 91.8 Å². The molecule has 0 unspecified atom stereocenters. The molecule has 2 rings (SSSR count). The number of urea groups is 1. The van der Waals surface area contributed by atoms with Crippen LogP contribution in [0.2, 0.25) is 0 Å². The van der Waals surface area contributed by atoms with Gasteiger partial charge in [0.25, 0.3) is 0 Å². The highest BCUT2D eigenvalue weighted by Gasteiger charge is 2.26. The number of benzene rings is 1. The first kappa shape index (κ1) is 10.9. The van der Waals surface area contributed by atoms with E-state index >= 15 is 0 Å². The molecule has 0 aromatic heterocycles. The molecular formula is C11H11F2N2O. The van der Waals surface area contributed by atoms with Crippen LogP contribution in [0.15, 0.2) is 18.2 Å². The Morgan fingerprint density at radius 2 is 2.12 bits per heavy atom. The smallest absolute Gasteiger partial charge is 0.314 e. The van der Waals surface area contributed by atoms with Crippen molar-refractivity contribution in [2.24, 2.45) is 5.73 Å². The quantitative estimate of drug-likeness (QED) is 0.776. The molecule has 1 radical (unpaired) electrons. The van der Waals surface area contributed by atoms with Crippen molar-refractivity contribution in [3.63, 3.8) is 0 Å². The second kappa shape index (κ2) is 4.08. The predicted molar refractivity (Wildman–Crippen MR) is 54.6 cm³/mol. The Hall–Kier alpha value is -1.65. The van der Waals surface area contributed by atoms with E-state index in [0.29, 0.717) is 18.7 Å². The van der Waals surface area contributed by atoms with Crippen LogP contribution in [-0.2, 0) is 0 Å². The number of likely N-dealkylation sites (tertiary alicyclic amines) is 1. The van der Waals surface area contributed by atoms with Crippen LogP contribution in [0, 0.1) is 18.1 Å². The summed E-state index contributed by atoms with van der Waals surface area (Å²) in [5, 5.41) is 0. The first-order valence-corrected chi connectivity index (χ1v) is 4.90. The Kier molecular flexibility index (Phi) is 2.77. The van der Waals surface area contributed by atoms with Crippen molar-refractivity contribution >= 4 is 6.03 Å². The van der Waals surface area contributed by atoms with E-state index in [2.05, 4.69) is 0 Å². The summed E-state index contributed by atoms with van der Waals surface area (Å²) in [6, 6.07) is 3.26. The van der Waals surface area contributed by atoms with Gasteiger partial charge in [-0.2, -0.15) is 0 Å². The molecule has 0 bridgehead atoms. The highest BCUT2D eigenvalue weighted by atomic mass is 19.2. The van der Waals surface area contributed by atoms with Crippen LogP contribution in [0.25, 0.3) is 0 Å². The van der Waals surface area contributed by atoms with Gasteiger partial charge < -0.3 is 10.6 Å². The van der Waals surface area contributed by atoms with Gasteiger partial charge in [0.15, 0.2) is 11.6 Å². The fourth-order valence-electron chi connectivity index (χ4n) is 1.81. The summed E-state index contributed by atoms with van der Waals surface area (Å²) < 4.78 is 25.7. The molecule has 0 saturated carbocycles. The van der Waals surface area contributed by atoms with E-state index in [1.165, 1.54) is 11.0 Å². The summed E-state index contributed by atoms with van der Waals surface area (Å²) in [5.41, 5.74) is 5.78. The summed E-state index contributed by atoms with van der Waals surface area (Å²) in [4.78, 5) is 12.3. The third-order valence-corrected chi connectivity index (χ3v) is 2.71. The number of primary amides is 1. The third kappa shape index (κ3) is 1.98. The van der Waals surface area contributed by atoms with Crippen LogP contribution in [-0.4, -0.2) is 24.0 Å². The van der Waals surface area contributed by atoms with E-state index in [1.54, 1.807) is 0 Å². The zero-order chi connectivity index (χ0) is 11.7. The lowest BCUT2D eigenvalue weighted by molar-refractivity contribution is 0.218. The SMILES string of the molecule is NC(=O)N1C[CH][C@H](c2ccc(F)c(F)c2)C1. The van der Waals surface area contributed by atoms with Gasteiger partial charge in [0, 0.05) is 19.0 Å². The van der Waals surface area contributed by atoms with Crippen LogP contribution in [0.4, 0.5) is 13.6 Å². The van der Waals surface area contributed by atoms with Gasteiger partial charge in [-0.3, -0.25) is 0 Å². The minimum absolute atomic E-state index is 0.0809. The van der Waals surface area contributed by atoms with E-state index in [4.69, 9.17) is 5.73 Å². The number of hydrogen-bond acceptors (Lipinski definition) is 1. The molecular weight excluding hydrogens is 214 g/mol. The Balaban J connectivity index is 2.14. The van der Waals surface area contributed by atoms with Crippen molar-refractivity contribution in [1.29, 1.82) is 0 Å². The zero-order valence-corrected chi connectivity index (χ0v) is 8.49. The van der Waals surface area contributed by atoms with Crippen molar-refractivity contribution in [3.05, 3.63) is 41.8 Å². The molecule has 0 spiro atoms. The Morgan fingerprint density at radius 1 is 1.38 bits per heavy atom. The summed E-state index contributed by atoms with van der Waals surface area (Å²) >= 11 is 0. The second-order valence-electron chi connectivity index (χ2n) is 3.76.